The lowest BCUT2D eigenvalue weighted by Gasteiger charge is -2.38. The lowest BCUT2D eigenvalue weighted by atomic mass is 9.73. The number of nitrogens with one attached hydrogen (secondary N) is 1. The maximum Gasteiger partial charge on any atom is 0.231 e. The molecule has 218 valence electrons. The highest BCUT2D eigenvalue weighted by atomic mass is 19.1. The summed E-state index contributed by atoms with van der Waals surface area (Å²) >= 11 is 0. The number of hydrogen-bond donors (Lipinski definition) is 1. The van der Waals surface area contributed by atoms with Crippen LogP contribution in [0, 0.1) is 17.7 Å². The van der Waals surface area contributed by atoms with Crippen LogP contribution in [0.2, 0.25) is 0 Å². The third-order valence-electron chi connectivity index (χ3n) is 7.41. The van der Waals surface area contributed by atoms with Gasteiger partial charge >= 0.3 is 0 Å². The van der Waals surface area contributed by atoms with Gasteiger partial charge < -0.3 is 33.8 Å². The van der Waals surface area contributed by atoms with E-state index in [1.165, 1.54) is 26.2 Å². The molecule has 1 aliphatic heterocycles. The van der Waals surface area contributed by atoms with Crippen molar-refractivity contribution in [3.05, 3.63) is 82.7 Å². The Kier molecular flexibility index (Phi) is 10.3. The zero-order valence-electron chi connectivity index (χ0n) is 23.8. The molecule has 8 nitrogen and oxygen atoms in total. The summed E-state index contributed by atoms with van der Waals surface area (Å²) in [5.74, 6) is 2.19. The second kappa shape index (κ2) is 14.1. The van der Waals surface area contributed by atoms with Crippen molar-refractivity contribution in [2.24, 2.45) is 11.8 Å². The molecule has 2 aliphatic rings. The molecule has 0 fully saturated rings. The number of ether oxygens (including phenoxy) is 5. The molecule has 3 atom stereocenters. The number of aldehydes is 1. The molecule has 41 heavy (non-hydrogen) atoms. The third kappa shape index (κ3) is 7.04. The molecule has 9 heteroatoms. The number of ketones is 1. The predicted molar refractivity (Wildman–Crippen MR) is 152 cm³/mol. The lowest BCUT2D eigenvalue weighted by molar-refractivity contribution is -0.114. The van der Waals surface area contributed by atoms with Crippen molar-refractivity contribution in [3.8, 4) is 23.0 Å². The molecule has 1 heterocycles. The van der Waals surface area contributed by atoms with Crippen LogP contribution in [0.4, 0.5) is 4.39 Å². The molecule has 0 radical (unpaired) electrons. The smallest absolute Gasteiger partial charge is 0.231 e. The average molecular weight is 566 g/mol. The van der Waals surface area contributed by atoms with E-state index < -0.39 is 0 Å². The Labute approximate surface area is 239 Å². The van der Waals surface area contributed by atoms with E-state index in [1.54, 1.807) is 44.6 Å². The van der Waals surface area contributed by atoms with Gasteiger partial charge in [0.05, 0.1) is 26.4 Å². The quantitative estimate of drug-likeness (QED) is 0.272. The first kappa shape index (κ1) is 30.0. The minimum absolute atomic E-state index is 0.0311. The average Bonchev–Trinajstić information content (AvgIpc) is 3.45. The Morgan fingerprint density at radius 2 is 1.78 bits per heavy atom. The SMILES string of the molecule is COCC1C(NCCc2ccc(F)cc2)c2cc3c(cc2C[C@H]1C=O)OCO3.COc1cccc(C(C)=O)c1OC. The van der Waals surface area contributed by atoms with Crippen LogP contribution in [0.3, 0.4) is 0 Å². The number of hydrogen-bond acceptors (Lipinski definition) is 8. The summed E-state index contributed by atoms with van der Waals surface area (Å²) in [7, 11) is 4.72. The van der Waals surface area contributed by atoms with Gasteiger partial charge in [0.2, 0.25) is 6.79 Å². The number of methoxy groups -OCH3 is 3. The topological polar surface area (TPSA) is 92.3 Å². The molecule has 2 unspecified atom stereocenters. The molecule has 0 amide bonds. The fraction of sp³-hybridized carbons (Fsp3) is 0.375. The van der Waals surface area contributed by atoms with Crippen molar-refractivity contribution in [2.45, 2.75) is 25.8 Å². The molecule has 0 bridgehead atoms. The molecule has 3 aromatic rings. The van der Waals surface area contributed by atoms with Crippen molar-refractivity contribution < 1.29 is 37.7 Å². The Morgan fingerprint density at radius 3 is 2.41 bits per heavy atom. The first-order valence-electron chi connectivity index (χ1n) is 13.5. The number of benzene rings is 3. The minimum Gasteiger partial charge on any atom is -0.493 e. The number of carbonyl (C=O) groups is 2. The maximum atomic E-state index is 13.1. The number of halogens is 1. The molecule has 0 saturated carbocycles. The van der Waals surface area contributed by atoms with Crippen LogP contribution in [0.5, 0.6) is 23.0 Å². The van der Waals surface area contributed by atoms with Crippen molar-refractivity contribution in [1.82, 2.24) is 5.32 Å². The summed E-state index contributed by atoms with van der Waals surface area (Å²) in [6.07, 6.45) is 2.47. The summed E-state index contributed by atoms with van der Waals surface area (Å²) in [6.45, 7) is 2.91. The molecule has 1 aliphatic carbocycles. The maximum absolute atomic E-state index is 13.1. The number of rotatable bonds is 10. The molecule has 1 N–H and O–H groups in total. The zero-order chi connectivity index (χ0) is 29.4. The molecule has 5 rings (SSSR count). The van der Waals surface area contributed by atoms with Gasteiger partial charge in [-0.15, -0.1) is 0 Å². The van der Waals surface area contributed by atoms with Gasteiger partial charge in [-0.25, -0.2) is 4.39 Å². The highest BCUT2D eigenvalue weighted by Crippen LogP contribution is 2.44. The number of carbonyl (C=O) groups excluding carboxylic acids is 2. The fourth-order valence-electron chi connectivity index (χ4n) is 5.36. The van der Waals surface area contributed by atoms with E-state index in [-0.39, 0.29) is 36.3 Å². The van der Waals surface area contributed by atoms with Crippen molar-refractivity contribution >= 4 is 12.1 Å². The van der Waals surface area contributed by atoms with Crippen molar-refractivity contribution in [2.75, 3.05) is 41.3 Å². The van der Waals surface area contributed by atoms with E-state index >= 15 is 0 Å². The Balaban J connectivity index is 0.000000251. The van der Waals surface area contributed by atoms with Crippen LogP contribution in [0.15, 0.2) is 54.6 Å². The first-order chi connectivity index (χ1) is 19.9. The van der Waals surface area contributed by atoms with Crippen LogP contribution < -0.4 is 24.3 Å². The standard InChI is InChI=1S/C22H24FNO4.C10H12O3/c1-26-12-19-16(11-25)8-15-9-20-21(28-13-27-20)10-18(15)22(19)24-7-6-14-2-4-17(23)5-3-14;1-7(11)8-5-4-6-9(12-2)10(8)13-3/h2-5,9-11,16,19,22,24H,6-8,12-13H2,1H3;4-6H,1-3H3/t16-,19?,22?;/m0./s1. The summed E-state index contributed by atoms with van der Waals surface area (Å²) in [5, 5.41) is 3.60. The largest absolute Gasteiger partial charge is 0.493 e. The van der Waals surface area contributed by atoms with E-state index in [4.69, 9.17) is 23.7 Å². The molecule has 0 aromatic heterocycles. The van der Waals surface area contributed by atoms with Gasteiger partial charge in [-0.3, -0.25) is 4.79 Å². The Hall–Kier alpha value is -3.95. The van der Waals surface area contributed by atoms with Gasteiger partial charge in [0, 0.05) is 25.0 Å². The monoisotopic (exact) mass is 565 g/mol. The van der Waals surface area contributed by atoms with Crippen molar-refractivity contribution in [3.63, 3.8) is 0 Å². The van der Waals surface area contributed by atoms with Crippen molar-refractivity contribution in [1.29, 1.82) is 0 Å². The first-order valence-corrected chi connectivity index (χ1v) is 13.5. The Bertz CT molecular complexity index is 1340. The van der Waals surface area contributed by atoms with Gasteiger partial charge in [0.15, 0.2) is 28.8 Å². The molecular formula is C32H36FNO7. The fourth-order valence-corrected chi connectivity index (χ4v) is 5.36. The third-order valence-corrected chi connectivity index (χ3v) is 7.41. The highest BCUT2D eigenvalue weighted by molar-refractivity contribution is 5.97. The van der Waals surface area contributed by atoms with Gasteiger partial charge in [-0.2, -0.15) is 0 Å². The second-order valence-corrected chi connectivity index (χ2v) is 9.93. The summed E-state index contributed by atoms with van der Waals surface area (Å²) in [6, 6.07) is 15.8. The number of Topliss-reactive ketones (excluding diaryl/α,β-unsaturated/α-hetero) is 1. The number of fused-ring (bicyclic) bond motifs is 2. The molecule has 0 saturated heterocycles. The predicted octanol–water partition coefficient (Wildman–Crippen LogP) is 4.97. The Morgan fingerprint density at radius 1 is 1.05 bits per heavy atom. The van der Waals surface area contributed by atoms with Crippen LogP contribution in [0.25, 0.3) is 0 Å². The van der Waals surface area contributed by atoms with Gasteiger partial charge in [-0.05, 0) is 79.4 Å². The van der Waals surface area contributed by atoms with E-state index in [9.17, 15) is 14.0 Å². The number of para-hydroxylation sites is 1. The lowest BCUT2D eigenvalue weighted by Crippen LogP contribution is -2.41. The normalized spacial score (nSPS) is 18.5. The van der Waals surface area contributed by atoms with E-state index in [1.807, 2.05) is 12.1 Å². The van der Waals surface area contributed by atoms with E-state index in [0.717, 1.165) is 40.9 Å². The van der Waals surface area contributed by atoms with E-state index in [2.05, 4.69) is 5.32 Å². The molecule has 3 aromatic carbocycles. The summed E-state index contributed by atoms with van der Waals surface area (Å²) < 4.78 is 39.7. The molecule has 0 spiro atoms. The highest BCUT2D eigenvalue weighted by Gasteiger charge is 2.38. The van der Waals surface area contributed by atoms with Gasteiger partial charge in [0.25, 0.3) is 0 Å². The van der Waals surface area contributed by atoms with Gasteiger partial charge in [0.1, 0.15) is 12.1 Å². The van der Waals surface area contributed by atoms with Crippen LogP contribution >= 0.6 is 0 Å². The molecular weight excluding hydrogens is 529 g/mol. The van der Waals surface area contributed by atoms with Crippen LogP contribution in [-0.4, -0.2) is 53.3 Å². The van der Waals surface area contributed by atoms with E-state index in [0.29, 0.717) is 36.6 Å². The summed E-state index contributed by atoms with van der Waals surface area (Å²) in [4.78, 5) is 22.9. The summed E-state index contributed by atoms with van der Waals surface area (Å²) in [5.41, 5.74) is 3.84. The van der Waals surface area contributed by atoms with Crippen LogP contribution in [0.1, 0.15) is 40.0 Å². The second-order valence-electron chi connectivity index (χ2n) is 9.93. The van der Waals surface area contributed by atoms with Gasteiger partial charge in [-0.1, -0.05) is 18.2 Å². The van der Waals surface area contributed by atoms with Crippen LogP contribution in [-0.2, 0) is 22.4 Å². The zero-order valence-corrected chi connectivity index (χ0v) is 23.8. The minimum atomic E-state index is -0.233.